The van der Waals surface area contributed by atoms with Gasteiger partial charge in [-0.25, -0.2) is 0 Å². The third-order valence-electron chi connectivity index (χ3n) is 3.99. The molecule has 0 spiro atoms. The molecular formula is C16H23NO2Si. The molecule has 2 rings (SSSR count). The summed E-state index contributed by atoms with van der Waals surface area (Å²) >= 11 is 0. The summed E-state index contributed by atoms with van der Waals surface area (Å²) in [5, 5.41) is 0. The Labute approximate surface area is 122 Å². The smallest absolute Gasteiger partial charge is 0.313 e. The summed E-state index contributed by atoms with van der Waals surface area (Å²) in [5.74, 6) is 0.427. The zero-order chi connectivity index (χ0) is 14.6. The van der Waals surface area contributed by atoms with Crippen LogP contribution in [0.25, 0.3) is 0 Å². The second kappa shape index (κ2) is 6.37. The fourth-order valence-corrected chi connectivity index (χ4v) is 6.06. The highest BCUT2D eigenvalue weighted by Gasteiger charge is 2.38. The van der Waals surface area contributed by atoms with Crippen LogP contribution in [0.1, 0.15) is 12.8 Å². The van der Waals surface area contributed by atoms with E-state index in [2.05, 4.69) is 24.2 Å². The molecule has 1 fully saturated rings. The number of benzene rings is 1. The zero-order valence-electron chi connectivity index (χ0n) is 12.3. The highest BCUT2D eigenvalue weighted by molar-refractivity contribution is 6.75. The molecule has 1 aromatic carbocycles. The third kappa shape index (κ3) is 3.58. The van der Waals surface area contributed by atoms with Gasteiger partial charge < -0.3 is 9.30 Å². The van der Waals surface area contributed by atoms with Crippen molar-refractivity contribution < 1.29 is 9.53 Å². The van der Waals surface area contributed by atoms with Gasteiger partial charge >= 0.3 is 5.97 Å². The number of hydrogen-bond acceptors (Lipinski definition) is 3. The predicted molar refractivity (Wildman–Crippen MR) is 84.3 cm³/mol. The molecule has 20 heavy (non-hydrogen) atoms. The molecule has 0 radical (unpaired) electrons. The Kier molecular flexibility index (Phi) is 4.78. The van der Waals surface area contributed by atoms with Crippen molar-refractivity contribution in [3.63, 3.8) is 0 Å². The van der Waals surface area contributed by atoms with Gasteiger partial charge in [-0.15, -0.1) is 6.58 Å². The van der Waals surface area contributed by atoms with E-state index < -0.39 is 8.24 Å². The van der Waals surface area contributed by atoms with E-state index in [1.54, 1.807) is 12.1 Å². The molecule has 1 saturated heterocycles. The summed E-state index contributed by atoms with van der Waals surface area (Å²) in [5.41, 5.74) is 0. The quantitative estimate of drug-likeness (QED) is 0.360. The van der Waals surface area contributed by atoms with Crippen molar-refractivity contribution in [2.24, 2.45) is 0 Å². The van der Waals surface area contributed by atoms with E-state index >= 15 is 0 Å². The van der Waals surface area contributed by atoms with Crippen LogP contribution < -0.4 is 4.74 Å². The molecule has 3 nitrogen and oxygen atoms in total. The van der Waals surface area contributed by atoms with E-state index in [0.717, 1.165) is 6.54 Å². The highest BCUT2D eigenvalue weighted by Crippen LogP contribution is 2.29. The second-order valence-electron chi connectivity index (χ2n) is 5.90. The van der Waals surface area contributed by atoms with Crippen molar-refractivity contribution in [3.05, 3.63) is 43.0 Å². The lowest BCUT2D eigenvalue weighted by Gasteiger charge is -2.35. The fraction of sp³-hybridized carbons (Fsp3) is 0.438. The van der Waals surface area contributed by atoms with E-state index in [9.17, 15) is 4.79 Å². The Balaban J connectivity index is 1.96. The van der Waals surface area contributed by atoms with E-state index in [4.69, 9.17) is 4.74 Å². The van der Waals surface area contributed by atoms with Crippen LogP contribution in [0.2, 0.25) is 19.1 Å². The Bertz CT molecular complexity index is 473. The molecule has 0 amide bonds. The van der Waals surface area contributed by atoms with Gasteiger partial charge in [0.2, 0.25) is 0 Å². The average molecular weight is 289 g/mol. The molecule has 0 N–H and O–H groups in total. The topological polar surface area (TPSA) is 29.5 Å². The molecular weight excluding hydrogens is 266 g/mol. The number of nitrogens with zero attached hydrogens (tertiary/aromatic N) is 1. The summed E-state index contributed by atoms with van der Waals surface area (Å²) in [6.07, 6.45) is 3.51. The summed E-state index contributed by atoms with van der Waals surface area (Å²) in [6, 6.07) is 10.6. The van der Waals surface area contributed by atoms with Crippen molar-refractivity contribution in [2.45, 2.75) is 38.0 Å². The van der Waals surface area contributed by atoms with E-state index in [1.165, 1.54) is 12.5 Å². The molecule has 0 aromatic heterocycles. The van der Waals surface area contributed by atoms with Crippen LogP contribution in [0.5, 0.6) is 5.75 Å². The first kappa shape index (κ1) is 15.0. The third-order valence-corrected chi connectivity index (χ3v) is 7.68. The van der Waals surface area contributed by atoms with Crippen molar-refractivity contribution in [3.8, 4) is 5.75 Å². The molecule has 0 bridgehead atoms. The molecule has 1 unspecified atom stereocenters. The van der Waals surface area contributed by atoms with Crippen LogP contribution in [0.3, 0.4) is 0 Å². The Morgan fingerprint density at radius 3 is 2.70 bits per heavy atom. The Morgan fingerprint density at radius 2 is 2.15 bits per heavy atom. The largest absolute Gasteiger partial charge is 0.426 e. The summed E-state index contributed by atoms with van der Waals surface area (Å²) in [6.45, 7) is 9.70. The van der Waals surface area contributed by atoms with Gasteiger partial charge in [0.1, 0.15) is 14.0 Å². The minimum absolute atomic E-state index is 0.107. The number of hydrogen-bond donors (Lipinski definition) is 0. The first-order valence-electron chi connectivity index (χ1n) is 7.18. The van der Waals surface area contributed by atoms with Crippen LogP contribution in [-0.4, -0.2) is 31.4 Å². The summed E-state index contributed by atoms with van der Waals surface area (Å²) < 4.78 is 7.87. The maximum atomic E-state index is 12.1. The number of carbonyl (C=O) groups is 1. The number of ether oxygens (including phenoxy) is 1. The maximum absolute atomic E-state index is 12.1. The Hall–Kier alpha value is -1.39. The zero-order valence-corrected chi connectivity index (χ0v) is 13.3. The van der Waals surface area contributed by atoms with Crippen molar-refractivity contribution in [2.75, 3.05) is 6.54 Å². The molecule has 1 aromatic rings. The minimum Gasteiger partial charge on any atom is -0.426 e. The second-order valence-corrected chi connectivity index (χ2v) is 10.6. The van der Waals surface area contributed by atoms with Gasteiger partial charge in [-0.2, -0.15) is 0 Å². The molecule has 4 heteroatoms. The van der Waals surface area contributed by atoms with Crippen LogP contribution >= 0.6 is 0 Å². The van der Waals surface area contributed by atoms with Crippen LogP contribution in [0.15, 0.2) is 43.0 Å². The van der Waals surface area contributed by atoms with E-state index in [-0.39, 0.29) is 12.0 Å². The van der Waals surface area contributed by atoms with Gasteiger partial charge in [-0.05, 0) is 31.1 Å². The number of carbonyl (C=O) groups excluding carboxylic acids is 1. The number of rotatable bonds is 5. The lowest BCUT2D eigenvalue weighted by atomic mass is 10.2. The molecule has 108 valence electrons. The first-order valence-corrected chi connectivity index (χ1v) is 10.3. The van der Waals surface area contributed by atoms with Crippen molar-refractivity contribution >= 4 is 14.2 Å². The lowest BCUT2D eigenvalue weighted by molar-refractivity contribution is -0.135. The average Bonchev–Trinajstić information content (AvgIpc) is 2.77. The number of para-hydroxylation sites is 1. The number of esters is 1. The van der Waals surface area contributed by atoms with Gasteiger partial charge in [0.15, 0.2) is 0 Å². The van der Waals surface area contributed by atoms with Crippen LogP contribution in [0.4, 0.5) is 0 Å². The molecule has 1 aliphatic heterocycles. The molecule has 0 saturated carbocycles. The summed E-state index contributed by atoms with van der Waals surface area (Å²) in [7, 11) is -1.36. The lowest BCUT2D eigenvalue weighted by Crippen LogP contribution is -2.49. The van der Waals surface area contributed by atoms with Gasteiger partial charge in [0.25, 0.3) is 0 Å². The van der Waals surface area contributed by atoms with E-state index in [0.29, 0.717) is 12.2 Å². The van der Waals surface area contributed by atoms with Gasteiger partial charge in [0.05, 0.1) is 6.42 Å². The fourth-order valence-electron chi connectivity index (χ4n) is 2.90. The first-order chi connectivity index (χ1) is 9.53. The van der Waals surface area contributed by atoms with Crippen LogP contribution in [-0.2, 0) is 4.79 Å². The normalized spacial score (nSPS) is 19.5. The van der Waals surface area contributed by atoms with Gasteiger partial charge in [-0.1, -0.05) is 37.4 Å². The van der Waals surface area contributed by atoms with Gasteiger partial charge in [-0.3, -0.25) is 4.79 Å². The van der Waals surface area contributed by atoms with Crippen molar-refractivity contribution in [1.29, 1.82) is 0 Å². The monoisotopic (exact) mass is 289 g/mol. The minimum atomic E-state index is -1.36. The van der Waals surface area contributed by atoms with Crippen LogP contribution in [0, 0.1) is 0 Å². The molecule has 1 atom stereocenters. The highest BCUT2D eigenvalue weighted by atomic mass is 28.3. The van der Waals surface area contributed by atoms with Crippen molar-refractivity contribution in [1.82, 2.24) is 4.57 Å². The molecule has 1 aliphatic rings. The van der Waals surface area contributed by atoms with E-state index in [1.807, 2.05) is 24.3 Å². The summed E-state index contributed by atoms with van der Waals surface area (Å²) in [4.78, 5) is 12.1. The standard InChI is InChI=1S/C16H23NO2Si/c1-4-14(17-11-8-12-20(17,2)3)13-16(18)19-15-9-6-5-7-10-15/h4-7,9-10,14H,1,8,11-13H2,2-3H3. The maximum Gasteiger partial charge on any atom is 0.313 e. The molecule has 1 heterocycles. The predicted octanol–water partition coefficient (Wildman–Crippen LogP) is 3.45. The Morgan fingerprint density at radius 1 is 1.45 bits per heavy atom. The SMILES string of the molecule is C=CC(CC(=O)Oc1ccccc1)N1CCC[Si]1(C)C. The van der Waals surface area contributed by atoms with Gasteiger partial charge in [0, 0.05) is 6.04 Å². The molecule has 0 aliphatic carbocycles.